The largest absolute Gasteiger partial charge is 0.471 e. The van der Waals surface area contributed by atoms with Crippen molar-refractivity contribution in [2.45, 2.75) is 33.1 Å². The first-order chi connectivity index (χ1) is 7.34. The predicted molar refractivity (Wildman–Crippen MR) is 50.5 cm³/mol. The highest BCUT2D eigenvalue weighted by Gasteiger charge is 2.38. The van der Waals surface area contributed by atoms with Crippen LogP contribution >= 0.6 is 0 Å². The van der Waals surface area contributed by atoms with Gasteiger partial charge in [0.1, 0.15) is 0 Å². The van der Waals surface area contributed by atoms with E-state index in [4.69, 9.17) is 0 Å². The van der Waals surface area contributed by atoms with Crippen LogP contribution in [0, 0.1) is 6.92 Å². The van der Waals surface area contributed by atoms with E-state index in [1.807, 2.05) is 6.92 Å². The topological polar surface area (TPSA) is 46.9 Å². The van der Waals surface area contributed by atoms with Crippen molar-refractivity contribution in [3.8, 4) is 0 Å². The van der Waals surface area contributed by atoms with Gasteiger partial charge in [0.25, 0.3) is 0 Å². The number of aromatic nitrogens is 2. The maximum atomic E-state index is 11.9. The lowest BCUT2D eigenvalue weighted by Gasteiger charge is -2.06. The quantitative estimate of drug-likeness (QED) is 0.860. The Bertz CT molecular complexity index is 384. The summed E-state index contributed by atoms with van der Waals surface area (Å²) in [5, 5.41) is 5.85. The van der Waals surface area contributed by atoms with Crippen LogP contribution in [0.15, 0.2) is 6.20 Å². The highest BCUT2D eigenvalue weighted by Crippen LogP contribution is 2.14. The van der Waals surface area contributed by atoms with Gasteiger partial charge in [0.2, 0.25) is 0 Å². The molecule has 0 bridgehead atoms. The Balaban J connectivity index is 2.61. The molecule has 0 radical (unpaired) electrons. The molecule has 1 N–H and O–H groups in total. The zero-order valence-corrected chi connectivity index (χ0v) is 8.93. The summed E-state index contributed by atoms with van der Waals surface area (Å²) >= 11 is 0. The Morgan fingerprint density at radius 2 is 2.19 bits per heavy atom. The lowest BCUT2D eigenvalue weighted by molar-refractivity contribution is -0.173. The van der Waals surface area contributed by atoms with E-state index in [0.717, 1.165) is 0 Å². The lowest BCUT2D eigenvalue weighted by Crippen LogP contribution is -2.36. The van der Waals surface area contributed by atoms with Crippen molar-refractivity contribution in [1.29, 1.82) is 0 Å². The van der Waals surface area contributed by atoms with Gasteiger partial charge in [-0.1, -0.05) is 0 Å². The molecule has 0 spiro atoms. The van der Waals surface area contributed by atoms with Gasteiger partial charge in [-0.05, 0) is 13.8 Å². The molecule has 16 heavy (non-hydrogen) atoms. The summed E-state index contributed by atoms with van der Waals surface area (Å²) in [6, 6.07) is 0. The molecule has 0 aliphatic carbocycles. The minimum Gasteiger partial charge on any atom is -0.344 e. The van der Waals surface area contributed by atoms with E-state index in [0.29, 0.717) is 17.8 Å². The van der Waals surface area contributed by atoms with Crippen molar-refractivity contribution in [3.05, 3.63) is 17.5 Å². The molecule has 0 saturated carbocycles. The monoisotopic (exact) mass is 235 g/mol. The Morgan fingerprint density at radius 3 is 2.62 bits per heavy atom. The number of rotatable bonds is 3. The van der Waals surface area contributed by atoms with Crippen molar-refractivity contribution in [1.82, 2.24) is 15.1 Å². The average Bonchev–Trinajstić information content (AvgIpc) is 2.54. The fourth-order valence-electron chi connectivity index (χ4n) is 1.17. The van der Waals surface area contributed by atoms with Crippen LogP contribution in [0.2, 0.25) is 0 Å². The molecule has 1 rings (SSSR count). The standard InChI is InChI=1S/C9H12F3N3O/c1-3-15-5-7(6(2)14-15)4-13-8(16)9(10,11)12/h5H,3-4H2,1-2H3,(H,13,16). The molecule has 90 valence electrons. The highest BCUT2D eigenvalue weighted by molar-refractivity contribution is 5.81. The normalized spacial score (nSPS) is 11.6. The number of aryl methyl sites for hydroxylation is 2. The number of alkyl halides is 3. The summed E-state index contributed by atoms with van der Waals surface area (Å²) in [5.74, 6) is -1.93. The third-order valence-electron chi connectivity index (χ3n) is 2.07. The highest BCUT2D eigenvalue weighted by atomic mass is 19.4. The second kappa shape index (κ2) is 4.54. The smallest absolute Gasteiger partial charge is 0.344 e. The van der Waals surface area contributed by atoms with Gasteiger partial charge in [0, 0.05) is 24.8 Å². The van der Waals surface area contributed by atoms with Gasteiger partial charge >= 0.3 is 12.1 Å². The van der Waals surface area contributed by atoms with E-state index in [1.165, 1.54) is 0 Å². The number of hydrogen-bond donors (Lipinski definition) is 1. The molecule has 0 aliphatic rings. The number of amides is 1. The van der Waals surface area contributed by atoms with Crippen LogP contribution in [0.5, 0.6) is 0 Å². The van der Waals surface area contributed by atoms with Gasteiger partial charge in [-0.25, -0.2) is 0 Å². The summed E-state index contributed by atoms with van der Waals surface area (Å²) in [7, 11) is 0. The van der Waals surface area contributed by atoms with Crippen molar-refractivity contribution in [2.75, 3.05) is 0 Å². The number of hydrogen-bond acceptors (Lipinski definition) is 2. The van der Waals surface area contributed by atoms with Gasteiger partial charge in [-0.3, -0.25) is 9.48 Å². The van der Waals surface area contributed by atoms with Crippen molar-refractivity contribution in [3.63, 3.8) is 0 Å². The Labute approximate surface area is 90.4 Å². The molecule has 0 fully saturated rings. The maximum absolute atomic E-state index is 11.9. The molecular formula is C9H12F3N3O. The lowest BCUT2D eigenvalue weighted by atomic mass is 10.2. The first kappa shape index (κ1) is 12.5. The van der Waals surface area contributed by atoms with Crippen LogP contribution in [0.4, 0.5) is 13.2 Å². The van der Waals surface area contributed by atoms with E-state index in [2.05, 4.69) is 5.10 Å². The van der Waals surface area contributed by atoms with Crippen LogP contribution in [-0.2, 0) is 17.9 Å². The summed E-state index contributed by atoms with van der Waals surface area (Å²) in [6.07, 6.45) is -3.22. The van der Waals surface area contributed by atoms with E-state index < -0.39 is 12.1 Å². The number of carbonyl (C=O) groups excluding carboxylic acids is 1. The van der Waals surface area contributed by atoms with Crippen LogP contribution in [0.1, 0.15) is 18.2 Å². The maximum Gasteiger partial charge on any atom is 0.471 e. The average molecular weight is 235 g/mol. The van der Waals surface area contributed by atoms with Gasteiger partial charge in [-0.2, -0.15) is 18.3 Å². The molecule has 7 heteroatoms. The Kier molecular flexibility index (Phi) is 3.56. The van der Waals surface area contributed by atoms with Gasteiger partial charge in [0.05, 0.1) is 5.69 Å². The van der Waals surface area contributed by atoms with E-state index in [-0.39, 0.29) is 6.54 Å². The summed E-state index contributed by atoms with van der Waals surface area (Å²) in [4.78, 5) is 10.6. The second-order valence-corrected chi connectivity index (χ2v) is 3.28. The molecule has 1 aromatic rings. The molecule has 0 unspecified atom stereocenters. The fourth-order valence-corrected chi connectivity index (χ4v) is 1.17. The van der Waals surface area contributed by atoms with Crippen LogP contribution in [-0.4, -0.2) is 21.9 Å². The molecule has 1 heterocycles. The Hall–Kier alpha value is -1.53. The first-order valence-electron chi connectivity index (χ1n) is 4.72. The zero-order valence-electron chi connectivity index (χ0n) is 8.93. The van der Waals surface area contributed by atoms with Crippen molar-refractivity contribution >= 4 is 5.91 Å². The van der Waals surface area contributed by atoms with E-state index >= 15 is 0 Å². The molecular weight excluding hydrogens is 223 g/mol. The second-order valence-electron chi connectivity index (χ2n) is 3.28. The van der Waals surface area contributed by atoms with E-state index in [9.17, 15) is 18.0 Å². The summed E-state index contributed by atoms with van der Waals surface area (Å²) in [6.45, 7) is 4.02. The number of halogens is 3. The van der Waals surface area contributed by atoms with E-state index in [1.54, 1.807) is 23.1 Å². The van der Waals surface area contributed by atoms with Crippen molar-refractivity contribution < 1.29 is 18.0 Å². The van der Waals surface area contributed by atoms with Crippen LogP contribution in [0.3, 0.4) is 0 Å². The summed E-state index contributed by atoms with van der Waals surface area (Å²) < 4.78 is 37.3. The minimum atomic E-state index is -4.84. The number of nitrogens with one attached hydrogen (secondary N) is 1. The number of nitrogens with zero attached hydrogens (tertiary/aromatic N) is 2. The molecule has 1 aromatic heterocycles. The van der Waals surface area contributed by atoms with Gasteiger partial charge in [-0.15, -0.1) is 0 Å². The zero-order chi connectivity index (χ0) is 12.3. The third kappa shape index (κ3) is 2.98. The molecule has 0 aromatic carbocycles. The fraction of sp³-hybridized carbons (Fsp3) is 0.556. The van der Waals surface area contributed by atoms with Crippen molar-refractivity contribution in [2.24, 2.45) is 0 Å². The SMILES string of the molecule is CCn1cc(CNC(=O)C(F)(F)F)c(C)n1. The third-order valence-corrected chi connectivity index (χ3v) is 2.07. The van der Waals surface area contributed by atoms with Gasteiger partial charge in [0.15, 0.2) is 0 Å². The molecule has 0 saturated heterocycles. The molecule has 0 atom stereocenters. The predicted octanol–water partition coefficient (Wildman–Crippen LogP) is 1.39. The molecule has 1 amide bonds. The molecule has 0 aliphatic heterocycles. The molecule has 4 nitrogen and oxygen atoms in total. The Morgan fingerprint density at radius 1 is 1.56 bits per heavy atom. The minimum absolute atomic E-state index is 0.163. The number of carbonyl (C=O) groups is 1. The first-order valence-corrected chi connectivity index (χ1v) is 4.72. The van der Waals surface area contributed by atoms with Gasteiger partial charge < -0.3 is 5.32 Å². The van der Waals surface area contributed by atoms with Crippen LogP contribution in [0.25, 0.3) is 0 Å². The summed E-state index contributed by atoms with van der Waals surface area (Å²) in [5.41, 5.74) is 1.20. The van der Waals surface area contributed by atoms with Crippen LogP contribution < -0.4 is 5.32 Å².